The van der Waals surface area contributed by atoms with Crippen LogP contribution in [-0.2, 0) is 5.41 Å². The third kappa shape index (κ3) is 5.24. The van der Waals surface area contributed by atoms with E-state index in [-0.39, 0.29) is 5.41 Å². The summed E-state index contributed by atoms with van der Waals surface area (Å²) in [7, 11) is 0. The van der Waals surface area contributed by atoms with E-state index in [2.05, 4.69) is 135 Å². The lowest BCUT2D eigenvalue weighted by Crippen LogP contribution is -2.33. The van der Waals surface area contributed by atoms with Gasteiger partial charge in [0, 0.05) is 11.3 Å². The van der Waals surface area contributed by atoms with Crippen molar-refractivity contribution in [2.45, 2.75) is 45.4 Å². The summed E-state index contributed by atoms with van der Waals surface area (Å²) in [6.07, 6.45) is 10.2. The van der Waals surface area contributed by atoms with Crippen LogP contribution in [0.5, 0.6) is 0 Å². The fourth-order valence-electron chi connectivity index (χ4n) is 8.83. The Morgan fingerprint density at radius 3 is 2.19 bits per heavy atom. The number of rotatable bonds is 5. The van der Waals surface area contributed by atoms with E-state index < -0.39 is 0 Å². The molecule has 6 aromatic carbocycles. The lowest BCUT2D eigenvalue weighted by Gasteiger charge is -2.41. The molecular weight excluding hydrogens is 641 g/mol. The van der Waals surface area contributed by atoms with Gasteiger partial charge in [0.05, 0.1) is 11.1 Å². The van der Waals surface area contributed by atoms with Crippen LogP contribution in [0.25, 0.3) is 44.3 Å². The van der Waals surface area contributed by atoms with E-state index in [0.29, 0.717) is 11.5 Å². The Labute approximate surface area is 313 Å². The van der Waals surface area contributed by atoms with Gasteiger partial charge in [0.25, 0.3) is 0 Å². The zero-order chi connectivity index (χ0) is 36.1. The molecule has 0 heterocycles. The molecule has 0 aromatic heterocycles. The topological polar surface area (TPSA) is 24.7 Å². The first-order valence-corrected chi connectivity index (χ1v) is 18.8. The maximum absolute atomic E-state index is 4.98. The number of nitrogens with zero attached hydrogens (tertiary/aromatic N) is 2. The molecule has 0 saturated heterocycles. The van der Waals surface area contributed by atoms with E-state index in [1.54, 1.807) is 0 Å². The SMILES string of the molecule is C=C(\N=C(/N=C(C)/C(C)=C/C)c1ccccc1)c1ccc(-c2ccc3c(c2)C2(C4=C3C=CCCC4)c3ccccc3-c3cccc4cccc2c34)cc1. The summed E-state index contributed by atoms with van der Waals surface area (Å²) in [5, 5.41) is 2.68. The molecule has 0 amide bonds. The molecule has 2 heteroatoms. The molecule has 3 aliphatic rings. The van der Waals surface area contributed by atoms with Gasteiger partial charge in [-0.05, 0) is 124 Å². The van der Waals surface area contributed by atoms with Gasteiger partial charge in [0.2, 0.25) is 0 Å². The highest BCUT2D eigenvalue weighted by Crippen LogP contribution is 2.62. The van der Waals surface area contributed by atoms with E-state index >= 15 is 0 Å². The first kappa shape index (κ1) is 32.8. The zero-order valence-electron chi connectivity index (χ0n) is 30.7. The Morgan fingerprint density at radius 2 is 1.38 bits per heavy atom. The molecule has 1 atom stereocenters. The van der Waals surface area contributed by atoms with Gasteiger partial charge >= 0.3 is 0 Å². The van der Waals surface area contributed by atoms with Gasteiger partial charge in [-0.1, -0.05) is 152 Å². The van der Waals surface area contributed by atoms with Gasteiger partial charge < -0.3 is 0 Å². The monoisotopic (exact) mass is 682 g/mol. The summed E-state index contributed by atoms with van der Waals surface area (Å²) in [6, 6.07) is 48.9. The van der Waals surface area contributed by atoms with Gasteiger partial charge in [-0.15, -0.1) is 0 Å². The molecule has 256 valence electrons. The van der Waals surface area contributed by atoms with E-state index in [1.165, 1.54) is 66.4 Å². The molecule has 0 aliphatic heterocycles. The number of benzene rings is 6. The van der Waals surface area contributed by atoms with Crippen LogP contribution in [0.3, 0.4) is 0 Å². The van der Waals surface area contributed by atoms with Crippen molar-refractivity contribution in [3.8, 4) is 22.3 Å². The van der Waals surface area contributed by atoms with Gasteiger partial charge in [-0.25, -0.2) is 9.98 Å². The predicted octanol–water partition coefficient (Wildman–Crippen LogP) is 13.2. The Bertz CT molecular complexity index is 2600. The number of amidine groups is 1. The third-order valence-electron chi connectivity index (χ3n) is 11.6. The molecule has 6 aromatic rings. The van der Waals surface area contributed by atoms with Crippen LogP contribution in [0.1, 0.15) is 73.4 Å². The minimum absolute atomic E-state index is 0.361. The normalized spacial score (nSPS) is 17.8. The van der Waals surface area contributed by atoms with E-state index in [4.69, 9.17) is 9.98 Å². The first-order chi connectivity index (χ1) is 26.0. The Kier molecular flexibility index (Phi) is 8.12. The van der Waals surface area contributed by atoms with Crippen molar-refractivity contribution in [2.75, 3.05) is 0 Å². The molecule has 53 heavy (non-hydrogen) atoms. The molecule has 0 radical (unpaired) electrons. The quantitative estimate of drug-likeness (QED) is 0.128. The van der Waals surface area contributed by atoms with Crippen molar-refractivity contribution in [3.63, 3.8) is 0 Å². The smallest absolute Gasteiger partial charge is 0.159 e. The highest BCUT2D eigenvalue weighted by Gasteiger charge is 2.50. The van der Waals surface area contributed by atoms with Crippen molar-refractivity contribution in [1.29, 1.82) is 0 Å². The summed E-state index contributed by atoms with van der Waals surface area (Å²) in [6.45, 7) is 10.5. The Morgan fingerprint density at radius 1 is 0.660 bits per heavy atom. The minimum Gasteiger partial charge on any atom is -0.233 e. The summed E-state index contributed by atoms with van der Waals surface area (Å²) in [5.41, 5.74) is 17.9. The fourth-order valence-corrected chi connectivity index (χ4v) is 8.83. The molecule has 0 fully saturated rings. The van der Waals surface area contributed by atoms with E-state index in [9.17, 15) is 0 Å². The van der Waals surface area contributed by atoms with Crippen molar-refractivity contribution < 1.29 is 0 Å². The van der Waals surface area contributed by atoms with Crippen LogP contribution in [0, 0.1) is 0 Å². The number of fused-ring (bicyclic) bond motifs is 8. The third-order valence-corrected chi connectivity index (χ3v) is 11.6. The highest BCUT2D eigenvalue weighted by atomic mass is 14.9. The number of hydrogen-bond acceptors (Lipinski definition) is 1. The first-order valence-electron chi connectivity index (χ1n) is 18.8. The van der Waals surface area contributed by atoms with Crippen LogP contribution in [-0.4, -0.2) is 11.5 Å². The maximum atomic E-state index is 4.98. The van der Waals surface area contributed by atoms with Crippen LogP contribution in [0.2, 0.25) is 0 Å². The molecule has 2 nitrogen and oxygen atoms in total. The highest BCUT2D eigenvalue weighted by molar-refractivity contribution is 6.12. The largest absolute Gasteiger partial charge is 0.233 e. The second-order valence-electron chi connectivity index (χ2n) is 14.4. The molecule has 0 N–H and O–H groups in total. The minimum atomic E-state index is -0.361. The Balaban J connectivity index is 1.17. The molecule has 9 rings (SSSR count). The molecule has 0 saturated carbocycles. The standard InChI is InChI=1S/C51H42N2/c1-5-33(2)34(3)52-50(39-16-8-6-9-17-39)53-35(4)36-26-28-37(29-27-36)40-30-31-43-41-20-10-7-11-23-45(41)51(48(43)32-40)46-24-13-12-21-42(46)44-22-14-18-38-19-15-25-47(51)49(38)44/h5-6,8-10,12-22,24-32H,4,7,11,23H2,1-3H3/b33-5+,52-34+,53-50-. The summed E-state index contributed by atoms with van der Waals surface area (Å²) >= 11 is 0. The van der Waals surface area contributed by atoms with Crippen molar-refractivity contribution in [1.82, 2.24) is 0 Å². The fraction of sp³-hybridized carbons (Fsp3) is 0.137. The molecule has 1 unspecified atom stereocenters. The average molecular weight is 683 g/mol. The summed E-state index contributed by atoms with van der Waals surface area (Å²) < 4.78 is 0. The Hall–Kier alpha value is -6.12. The lowest BCUT2D eigenvalue weighted by atomic mass is 9.60. The van der Waals surface area contributed by atoms with Gasteiger partial charge in [-0.3, -0.25) is 0 Å². The molecular formula is C51H42N2. The van der Waals surface area contributed by atoms with E-state index in [1.807, 2.05) is 44.2 Å². The lowest BCUT2D eigenvalue weighted by molar-refractivity contribution is 0.681. The second-order valence-corrected chi connectivity index (χ2v) is 14.4. The van der Waals surface area contributed by atoms with Crippen LogP contribution in [0.15, 0.2) is 179 Å². The van der Waals surface area contributed by atoms with Gasteiger partial charge in [0.15, 0.2) is 5.84 Å². The van der Waals surface area contributed by atoms with Crippen LogP contribution in [0.4, 0.5) is 0 Å². The van der Waals surface area contributed by atoms with Crippen molar-refractivity contribution >= 4 is 33.6 Å². The van der Waals surface area contributed by atoms with Crippen LogP contribution < -0.4 is 0 Å². The number of allylic oxidation sites excluding steroid dienone is 6. The average Bonchev–Trinajstić information content (AvgIpc) is 3.31. The maximum Gasteiger partial charge on any atom is 0.159 e. The molecule has 0 bridgehead atoms. The molecule has 3 aliphatic carbocycles. The van der Waals surface area contributed by atoms with E-state index in [0.717, 1.165) is 41.7 Å². The number of aliphatic imine (C=N–C) groups is 2. The van der Waals surface area contributed by atoms with Crippen molar-refractivity contribution in [3.05, 3.63) is 203 Å². The number of hydrogen-bond donors (Lipinski definition) is 0. The van der Waals surface area contributed by atoms with Gasteiger partial charge in [-0.2, -0.15) is 0 Å². The molecule has 1 spiro atoms. The predicted molar refractivity (Wildman–Crippen MR) is 226 cm³/mol. The van der Waals surface area contributed by atoms with Gasteiger partial charge in [0.1, 0.15) is 0 Å². The second kappa shape index (κ2) is 13.1. The zero-order valence-corrected chi connectivity index (χ0v) is 30.7. The summed E-state index contributed by atoms with van der Waals surface area (Å²) in [4.78, 5) is 9.92. The van der Waals surface area contributed by atoms with Crippen LogP contribution >= 0.6 is 0 Å². The van der Waals surface area contributed by atoms with Crippen molar-refractivity contribution in [2.24, 2.45) is 9.98 Å². The summed E-state index contributed by atoms with van der Waals surface area (Å²) in [5.74, 6) is 0.660.